The number of rotatable bonds is 2. The Hall–Kier alpha value is -0.680. The zero-order valence-corrected chi connectivity index (χ0v) is 15.6. The molecule has 2 rings (SSSR count). The average molecular weight is 338 g/mol. The van der Waals surface area contributed by atoms with Crippen LogP contribution in [0.2, 0.25) is 0 Å². The standard InChI is InChI=1S/C20H34O4/c1-15(2)20-12-10-18(3,23)9-5-6-16(14-21)7-8-17(22)19(4,24-20)11-13-20/h6,10,12,15,17,21-23H,5,7-9,11,13-14H2,1-4H3/b12-10+,16-6-/t17-,18-,19-,20-/m0/s1. The molecule has 2 aliphatic heterocycles. The summed E-state index contributed by atoms with van der Waals surface area (Å²) in [5.41, 5.74) is -1.02. The fourth-order valence-electron chi connectivity index (χ4n) is 3.78. The molecular weight excluding hydrogens is 304 g/mol. The van der Waals surface area contributed by atoms with Crippen molar-refractivity contribution in [1.82, 2.24) is 0 Å². The van der Waals surface area contributed by atoms with Crippen molar-refractivity contribution < 1.29 is 20.1 Å². The van der Waals surface area contributed by atoms with Gasteiger partial charge < -0.3 is 20.1 Å². The molecule has 0 aliphatic carbocycles. The molecule has 0 unspecified atom stereocenters. The van der Waals surface area contributed by atoms with Crippen molar-refractivity contribution in [3.05, 3.63) is 23.8 Å². The summed E-state index contributed by atoms with van der Waals surface area (Å²) in [5, 5.41) is 30.9. The summed E-state index contributed by atoms with van der Waals surface area (Å²) in [6.07, 6.45) is 9.47. The quantitative estimate of drug-likeness (QED) is 0.677. The van der Waals surface area contributed by atoms with Gasteiger partial charge in [-0.2, -0.15) is 0 Å². The first kappa shape index (κ1) is 19.6. The molecule has 1 saturated heterocycles. The van der Waals surface area contributed by atoms with Gasteiger partial charge in [-0.3, -0.25) is 0 Å². The molecular formula is C20H34O4. The number of allylic oxidation sites excluding steroid dienone is 1. The van der Waals surface area contributed by atoms with Gasteiger partial charge in [0.25, 0.3) is 0 Å². The largest absolute Gasteiger partial charge is 0.392 e. The third-order valence-corrected chi connectivity index (χ3v) is 5.87. The van der Waals surface area contributed by atoms with E-state index in [1.54, 1.807) is 0 Å². The molecule has 4 heteroatoms. The highest BCUT2D eigenvalue weighted by atomic mass is 16.5. The third-order valence-electron chi connectivity index (χ3n) is 5.87. The first-order valence-corrected chi connectivity index (χ1v) is 9.22. The van der Waals surface area contributed by atoms with Gasteiger partial charge in [-0.25, -0.2) is 0 Å². The van der Waals surface area contributed by atoms with E-state index in [-0.39, 0.29) is 12.5 Å². The molecule has 0 spiro atoms. The molecule has 0 amide bonds. The van der Waals surface area contributed by atoms with Gasteiger partial charge in [-0.05, 0) is 63.9 Å². The highest BCUT2D eigenvalue weighted by molar-refractivity contribution is 5.16. The van der Waals surface area contributed by atoms with Crippen molar-refractivity contribution in [2.45, 2.75) is 89.1 Å². The highest BCUT2D eigenvalue weighted by Gasteiger charge is 2.50. The number of hydrogen-bond donors (Lipinski definition) is 3. The molecule has 24 heavy (non-hydrogen) atoms. The molecule has 2 bridgehead atoms. The van der Waals surface area contributed by atoms with Crippen molar-refractivity contribution in [1.29, 1.82) is 0 Å². The molecule has 4 nitrogen and oxygen atoms in total. The Bertz CT molecular complexity index is 494. The van der Waals surface area contributed by atoms with Gasteiger partial charge >= 0.3 is 0 Å². The molecule has 0 saturated carbocycles. The SMILES string of the molecule is CC(C)[C@]12/C=C/[C@@](C)(O)CC/C=C(\CO)CC[C@H](O)[C@](C)(CC1)O2. The molecule has 138 valence electrons. The third kappa shape index (κ3) is 4.29. The fourth-order valence-corrected chi connectivity index (χ4v) is 3.78. The first-order valence-electron chi connectivity index (χ1n) is 9.22. The molecule has 2 heterocycles. The molecule has 1 fully saturated rings. The number of fused-ring (bicyclic) bond motifs is 2. The summed E-state index contributed by atoms with van der Waals surface area (Å²) in [6, 6.07) is 0. The maximum atomic E-state index is 10.7. The lowest BCUT2D eigenvalue weighted by Crippen LogP contribution is -2.44. The lowest BCUT2D eigenvalue weighted by Gasteiger charge is -2.37. The van der Waals surface area contributed by atoms with Crippen LogP contribution >= 0.6 is 0 Å². The van der Waals surface area contributed by atoms with Crippen molar-refractivity contribution >= 4 is 0 Å². The van der Waals surface area contributed by atoms with Crippen LogP contribution in [0.1, 0.15) is 66.2 Å². The van der Waals surface area contributed by atoms with Crippen LogP contribution in [-0.4, -0.2) is 44.8 Å². The number of ether oxygens (including phenoxy) is 1. The predicted molar refractivity (Wildman–Crippen MR) is 95.7 cm³/mol. The van der Waals surface area contributed by atoms with Gasteiger partial charge in [0.05, 0.1) is 29.5 Å². The molecule has 0 aromatic heterocycles. The second-order valence-corrected chi connectivity index (χ2v) is 8.33. The van der Waals surface area contributed by atoms with E-state index in [9.17, 15) is 15.3 Å². The Labute approximate surface area is 146 Å². The molecule has 4 atom stereocenters. The zero-order valence-electron chi connectivity index (χ0n) is 15.6. The Balaban J connectivity index is 2.34. The monoisotopic (exact) mass is 338 g/mol. The molecule has 3 N–H and O–H groups in total. The Kier molecular flexibility index (Phi) is 5.96. The van der Waals surface area contributed by atoms with E-state index in [0.29, 0.717) is 25.7 Å². The van der Waals surface area contributed by atoms with E-state index >= 15 is 0 Å². The summed E-state index contributed by atoms with van der Waals surface area (Å²) in [6.45, 7) is 8.04. The van der Waals surface area contributed by atoms with Crippen LogP contribution in [0.5, 0.6) is 0 Å². The van der Waals surface area contributed by atoms with Crippen molar-refractivity contribution in [3.63, 3.8) is 0 Å². The number of hydrogen-bond acceptors (Lipinski definition) is 4. The molecule has 2 aliphatic rings. The van der Waals surface area contributed by atoms with Crippen molar-refractivity contribution in [2.24, 2.45) is 5.92 Å². The fraction of sp³-hybridized carbons (Fsp3) is 0.800. The minimum atomic E-state index is -0.909. The summed E-state index contributed by atoms with van der Waals surface area (Å²) in [7, 11) is 0. The van der Waals surface area contributed by atoms with E-state index < -0.39 is 22.9 Å². The van der Waals surface area contributed by atoms with Crippen LogP contribution in [0.15, 0.2) is 23.8 Å². The Morgan fingerprint density at radius 2 is 1.92 bits per heavy atom. The smallest absolute Gasteiger partial charge is 0.0925 e. The predicted octanol–water partition coefficient (Wildman–Crippen LogP) is 3.11. The van der Waals surface area contributed by atoms with E-state index in [2.05, 4.69) is 13.8 Å². The second kappa shape index (κ2) is 7.28. The normalized spacial score (nSPS) is 45.0. The van der Waals surface area contributed by atoms with Crippen molar-refractivity contribution in [3.8, 4) is 0 Å². The van der Waals surface area contributed by atoms with E-state index in [1.165, 1.54) is 0 Å². The van der Waals surface area contributed by atoms with Gasteiger partial charge in [0.15, 0.2) is 0 Å². The van der Waals surface area contributed by atoms with Crippen LogP contribution < -0.4 is 0 Å². The van der Waals surface area contributed by atoms with Gasteiger partial charge in [0.2, 0.25) is 0 Å². The second-order valence-electron chi connectivity index (χ2n) is 8.33. The zero-order chi connectivity index (χ0) is 18.0. The highest BCUT2D eigenvalue weighted by Crippen LogP contribution is 2.46. The first-order chi connectivity index (χ1) is 11.1. The van der Waals surface area contributed by atoms with Crippen LogP contribution in [0.25, 0.3) is 0 Å². The molecule has 0 aromatic carbocycles. The van der Waals surface area contributed by atoms with Crippen LogP contribution in [0.3, 0.4) is 0 Å². The average Bonchev–Trinajstić information content (AvgIpc) is 2.88. The summed E-state index contributed by atoms with van der Waals surface area (Å²) >= 11 is 0. The Morgan fingerprint density at radius 1 is 1.21 bits per heavy atom. The topological polar surface area (TPSA) is 69.9 Å². The van der Waals surface area contributed by atoms with Gasteiger partial charge in [0.1, 0.15) is 0 Å². The van der Waals surface area contributed by atoms with E-state index in [4.69, 9.17) is 4.74 Å². The van der Waals surface area contributed by atoms with E-state index in [1.807, 2.05) is 32.1 Å². The van der Waals surface area contributed by atoms with Gasteiger partial charge in [0, 0.05) is 0 Å². The van der Waals surface area contributed by atoms with Crippen LogP contribution in [0, 0.1) is 5.92 Å². The van der Waals surface area contributed by atoms with Gasteiger partial charge in [-0.15, -0.1) is 0 Å². The lowest BCUT2D eigenvalue weighted by atomic mass is 9.83. The molecule has 0 radical (unpaired) electrons. The number of aliphatic hydroxyl groups excluding tert-OH is 2. The lowest BCUT2D eigenvalue weighted by molar-refractivity contribution is -0.145. The summed E-state index contributed by atoms with van der Waals surface area (Å²) in [5.74, 6) is 0.259. The van der Waals surface area contributed by atoms with Gasteiger partial charge in [-0.1, -0.05) is 32.1 Å². The minimum absolute atomic E-state index is 0.00178. The van der Waals surface area contributed by atoms with Crippen molar-refractivity contribution in [2.75, 3.05) is 6.61 Å². The van der Waals surface area contributed by atoms with Crippen LogP contribution in [-0.2, 0) is 4.74 Å². The summed E-state index contributed by atoms with van der Waals surface area (Å²) < 4.78 is 6.46. The van der Waals surface area contributed by atoms with Crippen LogP contribution in [0.4, 0.5) is 0 Å². The summed E-state index contributed by atoms with van der Waals surface area (Å²) in [4.78, 5) is 0. The maximum Gasteiger partial charge on any atom is 0.0925 e. The minimum Gasteiger partial charge on any atom is -0.392 e. The number of aliphatic hydroxyl groups is 3. The Morgan fingerprint density at radius 3 is 2.54 bits per heavy atom. The van der Waals surface area contributed by atoms with E-state index in [0.717, 1.165) is 18.4 Å². The maximum absolute atomic E-state index is 10.7. The molecule has 0 aromatic rings.